The molecule has 4 nitrogen and oxygen atoms in total. The molecule has 0 spiro atoms. The van der Waals surface area contributed by atoms with Crippen molar-refractivity contribution >= 4 is 5.91 Å². The summed E-state index contributed by atoms with van der Waals surface area (Å²) < 4.78 is 5.59. The standard InChI is InChI=1S/C16H24N2O2/c1-11-4-3-5-13(8-11)12(2)10-18-16(19)15-7-6-14(9-17)20-15/h3-5,8,12,14-15H,6-7,9-10,17H2,1-2H3,(H,18,19)/t12?,14-,15+/m1/s1. The second-order valence-electron chi connectivity index (χ2n) is 5.62. The highest BCUT2D eigenvalue weighted by atomic mass is 16.5. The van der Waals surface area contributed by atoms with Gasteiger partial charge in [-0.1, -0.05) is 36.8 Å². The molecule has 0 bridgehead atoms. The zero-order chi connectivity index (χ0) is 14.5. The number of nitrogens with one attached hydrogen (secondary N) is 1. The molecule has 1 fully saturated rings. The van der Waals surface area contributed by atoms with Crippen molar-refractivity contribution in [3.63, 3.8) is 0 Å². The molecule has 0 aliphatic carbocycles. The van der Waals surface area contributed by atoms with Crippen molar-refractivity contribution in [3.05, 3.63) is 35.4 Å². The van der Waals surface area contributed by atoms with Crippen LogP contribution in [0.5, 0.6) is 0 Å². The highest BCUT2D eigenvalue weighted by Crippen LogP contribution is 2.20. The van der Waals surface area contributed by atoms with Gasteiger partial charge in [0.15, 0.2) is 0 Å². The molecule has 3 N–H and O–H groups in total. The fourth-order valence-corrected chi connectivity index (χ4v) is 2.53. The smallest absolute Gasteiger partial charge is 0.249 e. The van der Waals surface area contributed by atoms with Crippen LogP contribution in [0.2, 0.25) is 0 Å². The molecule has 0 saturated carbocycles. The topological polar surface area (TPSA) is 64.4 Å². The SMILES string of the molecule is Cc1cccc(C(C)CNC(=O)[C@@H]2CC[C@H](CN)O2)c1. The Kier molecular flexibility index (Phi) is 5.15. The third-order valence-corrected chi connectivity index (χ3v) is 3.86. The van der Waals surface area contributed by atoms with E-state index in [1.807, 2.05) is 0 Å². The molecule has 110 valence electrons. The van der Waals surface area contributed by atoms with Crippen LogP contribution in [0.25, 0.3) is 0 Å². The lowest BCUT2D eigenvalue weighted by molar-refractivity contribution is -0.131. The van der Waals surface area contributed by atoms with Gasteiger partial charge in [0.1, 0.15) is 6.10 Å². The molecular formula is C16H24N2O2. The van der Waals surface area contributed by atoms with Crippen molar-refractivity contribution in [1.29, 1.82) is 0 Å². The van der Waals surface area contributed by atoms with Crippen molar-refractivity contribution in [1.82, 2.24) is 5.32 Å². The molecule has 1 amide bonds. The minimum atomic E-state index is -0.326. The summed E-state index contributed by atoms with van der Waals surface area (Å²) in [6.45, 7) is 5.32. The van der Waals surface area contributed by atoms with Crippen molar-refractivity contribution in [2.75, 3.05) is 13.1 Å². The maximum atomic E-state index is 12.0. The van der Waals surface area contributed by atoms with Gasteiger partial charge in [-0.15, -0.1) is 0 Å². The van der Waals surface area contributed by atoms with Gasteiger partial charge >= 0.3 is 0 Å². The molecule has 1 unspecified atom stereocenters. The van der Waals surface area contributed by atoms with Gasteiger partial charge in [-0.3, -0.25) is 4.79 Å². The van der Waals surface area contributed by atoms with Gasteiger partial charge in [-0.25, -0.2) is 0 Å². The second kappa shape index (κ2) is 6.86. The molecule has 1 saturated heterocycles. The van der Waals surface area contributed by atoms with Gasteiger partial charge in [0.05, 0.1) is 6.10 Å². The van der Waals surface area contributed by atoms with E-state index in [1.165, 1.54) is 11.1 Å². The summed E-state index contributed by atoms with van der Waals surface area (Å²) in [5, 5.41) is 2.98. The summed E-state index contributed by atoms with van der Waals surface area (Å²) in [6, 6.07) is 8.39. The minimum absolute atomic E-state index is 0.0135. The van der Waals surface area contributed by atoms with Gasteiger partial charge in [0, 0.05) is 13.1 Å². The first-order valence-corrected chi connectivity index (χ1v) is 7.30. The summed E-state index contributed by atoms with van der Waals surface area (Å²) in [6.07, 6.45) is 1.36. The molecule has 4 heteroatoms. The fourth-order valence-electron chi connectivity index (χ4n) is 2.53. The molecule has 1 aromatic carbocycles. The van der Waals surface area contributed by atoms with E-state index in [1.54, 1.807) is 0 Å². The Morgan fingerprint density at radius 1 is 1.50 bits per heavy atom. The maximum Gasteiger partial charge on any atom is 0.249 e. The average molecular weight is 276 g/mol. The van der Waals surface area contributed by atoms with E-state index in [2.05, 4.69) is 43.4 Å². The normalized spacial score (nSPS) is 23.6. The number of hydrogen-bond acceptors (Lipinski definition) is 3. The van der Waals surface area contributed by atoms with Crippen LogP contribution in [0.4, 0.5) is 0 Å². The quantitative estimate of drug-likeness (QED) is 0.860. The minimum Gasteiger partial charge on any atom is -0.364 e. The van der Waals surface area contributed by atoms with Crippen LogP contribution in [0.15, 0.2) is 24.3 Å². The van der Waals surface area contributed by atoms with Crippen molar-refractivity contribution in [2.45, 2.75) is 44.8 Å². The van der Waals surface area contributed by atoms with E-state index in [4.69, 9.17) is 10.5 Å². The third kappa shape index (κ3) is 3.81. The Bertz CT molecular complexity index is 462. The highest BCUT2D eigenvalue weighted by Gasteiger charge is 2.29. The molecule has 0 aromatic heterocycles. The first-order valence-electron chi connectivity index (χ1n) is 7.30. The summed E-state index contributed by atoms with van der Waals surface area (Å²) >= 11 is 0. The van der Waals surface area contributed by atoms with Crippen LogP contribution in [0, 0.1) is 6.92 Å². The number of carbonyl (C=O) groups is 1. The van der Waals surface area contributed by atoms with Crippen molar-refractivity contribution < 1.29 is 9.53 Å². The van der Waals surface area contributed by atoms with E-state index >= 15 is 0 Å². The molecular weight excluding hydrogens is 252 g/mol. The van der Waals surface area contributed by atoms with Crippen LogP contribution < -0.4 is 11.1 Å². The number of amides is 1. The Balaban J connectivity index is 1.81. The number of ether oxygens (including phenoxy) is 1. The first-order chi connectivity index (χ1) is 9.60. The lowest BCUT2D eigenvalue weighted by Gasteiger charge is -2.16. The van der Waals surface area contributed by atoms with Crippen LogP contribution >= 0.6 is 0 Å². The Labute approximate surface area is 120 Å². The van der Waals surface area contributed by atoms with Crippen LogP contribution in [-0.2, 0) is 9.53 Å². The van der Waals surface area contributed by atoms with E-state index in [0.29, 0.717) is 19.0 Å². The number of aryl methyl sites for hydroxylation is 1. The number of carbonyl (C=O) groups excluding carboxylic acids is 1. The second-order valence-corrected chi connectivity index (χ2v) is 5.62. The molecule has 1 aliphatic heterocycles. The maximum absolute atomic E-state index is 12.0. The predicted octanol–water partition coefficient (Wildman–Crippen LogP) is 1.72. The average Bonchev–Trinajstić information content (AvgIpc) is 2.93. The van der Waals surface area contributed by atoms with E-state index in [-0.39, 0.29) is 18.1 Å². The van der Waals surface area contributed by atoms with Crippen LogP contribution in [-0.4, -0.2) is 31.2 Å². The van der Waals surface area contributed by atoms with Gasteiger partial charge in [-0.2, -0.15) is 0 Å². The zero-order valence-electron chi connectivity index (χ0n) is 12.3. The number of nitrogens with two attached hydrogens (primary N) is 1. The summed E-state index contributed by atoms with van der Waals surface area (Å²) in [7, 11) is 0. The zero-order valence-corrected chi connectivity index (χ0v) is 12.3. The highest BCUT2D eigenvalue weighted by molar-refractivity contribution is 5.81. The largest absolute Gasteiger partial charge is 0.364 e. The Morgan fingerprint density at radius 2 is 2.30 bits per heavy atom. The van der Waals surface area contributed by atoms with E-state index in [0.717, 1.165) is 12.8 Å². The van der Waals surface area contributed by atoms with E-state index < -0.39 is 0 Å². The number of rotatable bonds is 5. The van der Waals surface area contributed by atoms with Crippen LogP contribution in [0.3, 0.4) is 0 Å². The van der Waals surface area contributed by atoms with Gasteiger partial charge in [-0.05, 0) is 31.2 Å². The molecule has 3 atom stereocenters. The molecule has 20 heavy (non-hydrogen) atoms. The number of hydrogen-bond donors (Lipinski definition) is 2. The number of benzene rings is 1. The van der Waals surface area contributed by atoms with Crippen molar-refractivity contribution in [3.8, 4) is 0 Å². The summed E-state index contributed by atoms with van der Waals surface area (Å²) in [5.41, 5.74) is 8.04. The molecule has 1 heterocycles. The fraction of sp³-hybridized carbons (Fsp3) is 0.562. The summed E-state index contributed by atoms with van der Waals surface area (Å²) in [4.78, 5) is 12.0. The molecule has 2 rings (SSSR count). The molecule has 1 aromatic rings. The Morgan fingerprint density at radius 3 is 2.95 bits per heavy atom. The predicted molar refractivity (Wildman–Crippen MR) is 79.6 cm³/mol. The third-order valence-electron chi connectivity index (χ3n) is 3.86. The molecule has 1 aliphatic rings. The van der Waals surface area contributed by atoms with E-state index in [9.17, 15) is 4.79 Å². The molecule has 0 radical (unpaired) electrons. The Hall–Kier alpha value is -1.39. The van der Waals surface area contributed by atoms with Crippen molar-refractivity contribution in [2.24, 2.45) is 5.73 Å². The van der Waals surface area contributed by atoms with Gasteiger partial charge < -0.3 is 15.8 Å². The summed E-state index contributed by atoms with van der Waals surface area (Å²) in [5.74, 6) is 0.283. The monoisotopic (exact) mass is 276 g/mol. The van der Waals surface area contributed by atoms with Gasteiger partial charge in [0.25, 0.3) is 0 Å². The van der Waals surface area contributed by atoms with Gasteiger partial charge in [0.2, 0.25) is 5.91 Å². The lowest BCUT2D eigenvalue weighted by atomic mass is 9.99. The lowest BCUT2D eigenvalue weighted by Crippen LogP contribution is -2.37. The van der Waals surface area contributed by atoms with Crippen LogP contribution in [0.1, 0.15) is 36.8 Å². The first kappa shape index (κ1) is 15.0.